The quantitative estimate of drug-likeness (QED) is 0.323. The van der Waals surface area contributed by atoms with Crippen molar-refractivity contribution in [2.45, 2.75) is 36.8 Å². The Morgan fingerprint density at radius 3 is 2.33 bits per heavy atom. The second-order valence-electron chi connectivity index (χ2n) is 7.10. The van der Waals surface area contributed by atoms with E-state index < -0.39 is 6.18 Å². The molecule has 9 heteroatoms. The number of ether oxygens (including phenoxy) is 1. The highest BCUT2D eigenvalue weighted by molar-refractivity contribution is 9.10. The van der Waals surface area contributed by atoms with E-state index >= 15 is 0 Å². The number of nitrogens with zero attached hydrogens (tertiary/aromatic N) is 1. The summed E-state index contributed by atoms with van der Waals surface area (Å²) in [6, 6.07) is 11.5. The molecule has 3 rings (SSSR count). The molecular weight excluding hydrogens is 501 g/mol. The number of nitrogens with two attached hydrogens (primary N) is 1. The van der Waals surface area contributed by atoms with Crippen molar-refractivity contribution in [3.8, 4) is 5.75 Å². The predicted octanol–water partition coefficient (Wildman–Crippen LogP) is 7.05. The first-order valence-electron chi connectivity index (χ1n) is 9.24. The van der Waals surface area contributed by atoms with E-state index in [2.05, 4.69) is 40.7 Å². The molecule has 0 heterocycles. The Bertz CT molecular complexity index is 796. The normalized spacial score (nSPS) is 13.1. The topological polar surface area (TPSA) is 38.5 Å². The van der Waals surface area contributed by atoms with E-state index in [1.807, 2.05) is 25.1 Å². The number of likely N-dealkylation sites (N-methyl/N-ethyl adjacent to an activating group) is 1. The Morgan fingerprint density at radius 1 is 1.20 bits per heavy atom. The minimum atomic E-state index is -4.00. The molecule has 1 aliphatic rings. The maximum absolute atomic E-state index is 10.4. The van der Waals surface area contributed by atoms with Crippen LogP contribution in [0.4, 0.5) is 18.9 Å². The molecule has 0 aromatic heterocycles. The highest BCUT2D eigenvalue weighted by Crippen LogP contribution is 2.43. The maximum Gasteiger partial charge on any atom is 0.386 e. The van der Waals surface area contributed by atoms with E-state index in [-0.39, 0.29) is 6.92 Å². The smallest absolute Gasteiger partial charge is 0.386 e. The van der Waals surface area contributed by atoms with Crippen molar-refractivity contribution in [1.29, 1.82) is 0 Å². The molecule has 1 aliphatic carbocycles. The zero-order valence-electron chi connectivity index (χ0n) is 17.1. The third-order valence-electron chi connectivity index (χ3n) is 3.76. The van der Waals surface area contributed by atoms with Crippen molar-refractivity contribution in [2.24, 2.45) is 0 Å². The lowest BCUT2D eigenvalue weighted by molar-refractivity contribution is -0.110. The monoisotopic (exact) mass is 526 g/mol. The molecule has 168 valence electrons. The fourth-order valence-electron chi connectivity index (χ4n) is 2.22. The standard InChI is InChI=1S/C10H15ClN2O.C9H9BrS.C2H3F3/c1-13(2)5-6-14-10-7-8(12)3-4-9(10)11;10-7-3-4-9(11)8(5-7)6-1-2-6;1-2(3,4)5/h3-4,7H,5-6,12H2,1-2H3;3-6,11H,1-2H2;1H3. The van der Waals surface area contributed by atoms with Gasteiger partial charge in [0.2, 0.25) is 0 Å². The van der Waals surface area contributed by atoms with Gasteiger partial charge < -0.3 is 15.4 Å². The van der Waals surface area contributed by atoms with Gasteiger partial charge in [-0.05, 0) is 68.8 Å². The fraction of sp³-hybridized carbons (Fsp3) is 0.429. The number of nitrogen functional groups attached to an aromatic ring is 1. The average molecular weight is 528 g/mol. The van der Waals surface area contributed by atoms with Crippen LogP contribution in [-0.4, -0.2) is 38.3 Å². The van der Waals surface area contributed by atoms with E-state index in [0.29, 0.717) is 23.1 Å². The highest BCUT2D eigenvalue weighted by Gasteiger charge is 2.25. The van der Waals surface area contributed by atoms with Gasteiger partial charge in [-0.1, -0.05) is 27.5 Å². The molecule has 2 aromatic carbocycles. The van der Waals surface area contributed by atoms with Gasteiger partial charge in [0, 0.05) is 34.6 Å². The van der Waals surface area contributed by atoms with E-state index in [9.17, 15) is 13.2 Å². The van der Waals surface area contributed by atoms with E-state index in [1.54, 1.807) is 18.2 Å². The summed E-state index contributed by atoms with van der Waals surface area (Å²) in [5, 5.41) is 0.595. The van der Waals surface area contributed by atoms with Crippen LogP contribution in [0, 0.1) is 0 Å². The number of alkyl halides is 3. The Kier molecular flexibility index (Phi) is 11.4. The number of halogens is 5. The second kappa shape index (κ2) is 12.7. The summed E-state index contributed by atoms with van der Waals surface area (Å²) < 4.78 is 37.7. The first kappa shape index (κ1) is 26.9. The minimum absolute atomic E-state index is 0.188. The van der Waals surface area contributed by atoms with Gasteiger partial charge in [-0.15, -0.1) is 12.6 Å². The van der Waals surface area contributed by atoms with E-state index in [1.165, 1.54) is 18.4 Å². The molecule has 1 saturated carbocycles. The lowest BCUT2D eigenvalue weighted by atomic mass is 10.1. The Labute approximate surface area is 195 Å². The molecule has 0 unspecified atom stereocenters. The summed E-state index contributed by atoms with van der Waals surface area (Å²) in [5.74, 6) is 1.44. The molecule has 2 N–H and O–H groups in total. The molecule has 0 bridgehead atoms. The van der Waals surface area contributed by atoms with Gasteiger partial charge in [0.15, 0.2) is 0 Å². The van der Waals surface area contributed by atoms with Gasteiger partial charge in [0.25, 0.3) is 0 Å². The number of hydrogen-bond acceptors (Lipinski definition) is 4. The molecule has 30 heavy (non-hydrogen) atoms. The van der Waals surface area contributed by atoms with Crippen molar-refractivity contribution >= 4 is 45.8 Å². The third kappa shape index (κ3) is 12.6. The maximum atomic E-state index is 10.4. The van der Waals surface area contributed by atoms with Crippen LogP contribution >= 0.6 is 40.2 Å². The number of thiol groups is 1. The molecule has 0 atom stereocenters. The Hall–Kier alpha value is -1.09. The Morgan fingerprint density at radius 2 is 1.80 bits per heavy atom. The van der Waals surface area contributed by atoms with Gasteiger partial charge in [-0.25, -0.2) is 0 Å². The molecule has 0 amide bonds. The van der Waals surface area contributed by atoms with Crippen LogP contribution in [-0.2, 0) is 0 Å². The molecule has 0 aliphatic heterocycles. The summed E-state index contributed by atoms with van der Waals surface area (Å²) in [6.45, 7) is 1.65. The average Bonchev–Trinajstić information content (AvgIpc) is 3.44. The van der Waals surface area contributed by atoms with Crippen molar-refractivity contribution in [1.82, 2.24) is 4.90 Å². The summed E-state index contributed by atoms with van der Waals surface area (Å²) in [6.07, 6.45) is -1.33. The number of hydrogen-bond donors (Lipinski definition) is 2. The first-order valence-corrected chi connectivity index (χ1v) is 10.9. The van der Waals surface area contributed by atoms with E-state index in [4.69, 9.17) is 22.1 Å². The van der Waals surface area contributed by atoms with Crippen molar-refractivity contribution < 1.29 is 17.9 Å². The summed E-state index contributed by atoms with van der Waals surface area (Å²) in [4.78, 5) is 3.18. The zero-order chi connectivity index (χ0) is 22.9. The second-order valence-corrected chi connectivity index (χ2v) is 8.90. The fourth-order valence-corrected chi connectivity index (χ4v) is 3.09. The van der Waals surface area contributed by atoms with Crippen LogP contribution < -0.4 is 10.5 Å². The van der Waals surface area contributed by atoms with Crippen LogP contribution in [0.5, 0.6) is 5.75 Å². The van der Waals surface area contributed by atoms with Crippen molar-refractivity contribution in [2.75, 3.05) is 33.0 Å². The van der Waals surface area contributed by atoms with Gasteiger partial charge in [-0.3, -0.25) is 0 Å². The molecule has 1 fully saturated rings. The number of anilines is 1. The number of rotatable bonds is 5. The molecule has 0 radical (unpaired) electrons. The molecule has 2 aromatic rings. The van der Waals surface area contributed by atoms with Crippen LogP contribution in [0.25, 0.3) is 0 Å². The van der Waals surface area contributed by atoms with Gasteiger partial charge in [0.1, 0.15) is 12.4 Å². The molecule has 0 saturated heterocycles. The lowest BCUT2D eigenvalue weighted by Gasteiger charge is -2.12. The van der Waals surface area contributed by atoms with Crippen LogP contribution in [0.1, 0.15) is 31.2 Å². The minimum Gasteiger partial charge on any atom is -0.491 e. The molecule has 0 spiro atoms. The van der Waals surface area contributed by atoms with Crippen LogP contribution in [0.15, 0.2) is 45.8 Å². The predicted molar refractivity (Wildman–Crippen MR) is 125 cm³/mol. The largest absolute Gasteiger partial charge is 0.491 e. The third-order valence-corrected chi connectivity index (χ3v) is 4.97. The molecular formula is C21H27BrClF3N2OS. The first-order chi connectivity index (χ1) is 13.9. The number of benzene rings is 2. The highest BCUT2D eigenvalue weighted by atomic mass is 79.9. The van der Waals surface area contributed by atoms with Crippen molar-refractivity contribution in [3.63, 3.8) is 0 Å². The Balaban J connectivity index is 0.000000250. The molecule has 3 nitrogen and oxygen atoms in total. The van der Waals surface area contributed by atoms with Crippen LogP contribution in [0.3, 0.4) is 0 Å². The van der Waals surface area contributed by atoms with Gasteiger partial charge in [0.05, 0.1) is 5.02 Å². The summed E-state index contributed by atoms with van der Waals surface area (Å²) in [7, 11) is 3.98. The zero-order valence-corrected chi connectivity index (χ0v) is 20.4. The summed E-state index contributed by atoms with van der Waals surface area (Å²) in [5.41, 5.74) is 7.68. The van der Waals surface area contributed by atoms with Crippen LogP contribution in [0.2, 0.25) is 5.02 Å². The van der Waals surface area contributed by atoms with Gasteiger partial charge >= 0.3 is 6.18 Å². The lowest BCUT2D eigenvalue weighted by Crippen LogP contribution is -2.19. The van der Waals surface area contributed by atoms with Gasteiger partial charge in [-0.2, -0.15) is 13.2 Å². The van der Waals surface area contributed by atoms with Crippen molar-refractivity contribution in [3.05, 3.63) is 51.5 Å². The summed E-state index contributed by atoms with van der Waals surface area (Å²) >= 11 is 13.8. The van der Waals surface area contributed by atoms with E-state index in [0.717, 1.165) is 21.8 Å². The SMILES string of the molecule is CC(F)(F)F.CN(C)CCOc1cc(N)ccc1Cl.Sc1ccc(Br)cc1C1CC1.